The van der Waals surface area contributed by atoms with Gasteiger partial charge in [-0.05, 0) is 25.0 Å². The Morgan fingerprint density at radius 3 is 2.67 bits per heavy atom. The molecule has 0 aromatic carbocycles. The van der Waals surface area contributed by atoms with E-state index < -0.39 is 12.0 Å². The fourth-order valence-electron chi connectivity index (χ4n) is 2.70. The van der Waals surface area contributed by atoms with Crippen molar-refractivity contribution < 1.29 is 9.90 Å². The van der Waals surface area contributed by atoms with Gasteiger partial charge in [0.05, 0.1) is 0 Å². The van der Waals surface area contributed by atoms with E-state index in [1.54, 1.807) is 0 Å². The monoisotopic (exact) mass is 290 g/mol. The molecule has 0 bridgehead atoms. The number of rotatable bonds is 6. The Hall–Kier alpha value is -1.66. The maximum absolute atomic E-state index is 11.3. The number of carboxylic acid groups (broad SMARTS) is 1. The minimum Gasteiger partial charge on any atom is -0.480 e. The number of piperazine rings is 1. The van der Waals surface area contributed by atoms with Crippen molar-refractivity contribution in [2.24, 2.45) is 0 Å². The number of pyridine rings is 1. The van der Waals surface area contributed by atoms with E-state index in [9.17, 15) is 9.90 Å². The topological polar surface area (TPSA) is 68.7 Å². The Kier molecular flexibility index (Phi) is 4.36. The van der Waals surface area contributed by atoms with Crippen LogP contribution in [0.5, 0.6) is 0 Å². The first kappa shape index (κ1) is 14.3. The standard InChI is InChI=1S/C15H22N4O2/c20-15(21)13(17-12-4-5-12)11-18-7-9-19(10-8-18)14-3-1-2-6-16-14/h1-3,6,12-13,17H,4-5,7-11H2,(H,20,21). The molecule has 1 saturated heterocycles. The molecule has 21 heavy (non-hydrogen) atoms. The average Bonchev–Trinajstić information content (AvgIpc) is 3.32. The number of aliphatic carboxylic acids is 1. The van der Waals surface area contributed by atoms with Gasteiger partial charge < -0.3 is 15.3 Å². The van der Waals surface area contributed by atoms with Gasteiger partial charge in [0.2, 0.25) is 0 Å². The minimum atomic E-state index is -0.742. The second-order valence-corrected chi connectivity index (χ2v) is 5.81. The highest BCUT2D eigenvalue weighted by Gasteiger charge is 2.30. The van der Waals surface area contributed by atoms with Gasteiger partial charge in [0, 0.05) is 45.0 Å². The highest BCUT2D eigenvalue weighted by molar-refractivity contribution is 5.73. The molecule has 1 atom stereocenters. The number of nitrogens with one attached hydrogen (secondary N) is 1. The number of hydrogen-bond donors (Lipinski definition) is 2. The van der Waals surface area contributed by atoms with Crippen molar-refractivity contribution in [2.45, 2.75) is 24.9 Å². The molecule has 0 spiro atoms. The predicted molar refractivity (Wildman–Crippen MR) is 80.5 cm³/mol. The third-order valence-corrected chi connectivity index (χ3v) is 4.10. The van der Waals surface area contributed by atoms with Gasteiger partial charge in [-0.15, -0.1) is 0 Å². The number of aromatic nitrogens is 1. The van der Waals surface area contributed by atoms with Gasteiger partial charge in [-0.2, -0.15) is 0 Å². The number of carbonyl (C=O) groups is 1. The average molecular weight is 290 g/mol. The van der Waals surface area contributed by atoms with Gasteiger partial charge in [0.15, 0.2) is 0 Å². The molecule has 2 N–H and O–H groups in total. The molecule has 1 aliphatic carbocycles. The fraction of sp³-hybridized carbons (Fsp3) is 0.600. The summed E-state index contributed by atoms with van der Waals surface area (Å²) in [5.41, 5.74) is 0. The third kappa shape index (κ3) is 3.92. The van der Waals surface area contributed by atoms with Crippen molar-refractivity contribution in [1.82, 2.24) is 15.2 Å². The van der Waals surface area contributed by atoms with Crippen molar-refractivity contribution in [3.8, 4) is 0 Å². The summed E-state index contributed by atoms with van der Waals surface area (Å²) in [5.74, 6) is 0.261. The molecule has 3 rings (SSSR count). The van der Waals surface area contributed by atoms with Gasteiger partial charge in [-0.3, -0.25) is 9.69 Å². The van der Waals surface area contributed by atoms with E-state index in [1.807, 2.05) is 24.4 Å². The van der Waals surface area contributed by atoms with Gasteiger partial charge in [0.1, 0.15) is 11.9 Å². The molecular weight excluding hydrogens is 268 g/mol. The quantitative estimate of drug-likeness (QED) is 0.791. The molecule has 1 aliphatic heterocycles. The Morgan fingerprint density at radius 1 is 1.33 bits per heavy atom. The highest BCUT2D eigenvalue weighted by Crippen LogP contribution is 2.20. The van der Waals surface area contributed by atoms with Crippen molar-refractivity contribution in [1.29, 1.82) is 0 Å². The molecule has 2 fully saturated rings. The zero-order chi connectivity index (χ0) is 14.7. The van der Waals surface area contributed by atoms with Crippen LogP contribution in [0.25, 0.3) is 0 Å². The molecule has 2 heterocycles. The summed E-state index contributed by atoms with van der Waals surface area (Å²) in [4.78, 5) is 20.2. The molecular formula is C15H22N4O2. The van der Waals surface area contributed by atoms with Crippen LogP contribution < -0.4 is 10.2 Å². The van der Waals surface area contributed by atoms with Crippen LogP contribution >= 0.6 is 0 Å². The van der Waals surface area contributed by atoms with Crippen LogP contribution in [-0.4, -0.2) is 65.8 Å². The largest absolute Gasteiger partial charge is 0.480 e. The lowest BCUT2D eigenvalue weighted by atomic mass is 10.2. The zero-order valence-corrected chi connectivity index (χ0v) is 12.1. The Morgan fingerprint density at radius 2 is 2.10 bits per heavy atom. The van der Waals surface area contributed by atoms with Gasteiger partial charge in [-0.1, -0.05) is 6.07 Å². The van der Waals surface area contributed by atoms with Crippen molar-refractivity contribution in [3.63, 3.8) is 0 Å². The molecule has 1 saturated carbocycles. The van der Waals surface area contributed by atoms with E-state index >= 15 is 0 Å². The normalized spacial score (nSPS) is 21.2. The first-order chi connectivity index (χ1) is 10.2. The lowest BCUT2D eigenvalue weighted by Gasteiger charge is -2.36. The van der Waals surface area contributed by atoms with E-state index in [2.05, 4.69) is 20.1 Å². The van der Waals surface area contributed by atoms with Crippen LogP contribution in [0.4, 0.5) is 5.82 Å². The lowest BCUT2D eigenvalue weighted by Crippen LogP contribution is -2.53. The van der Waals surface area contributed by atoms with Crippen molar-refractivity contribution in [3.05, 3.63) is 24.4 Å². The van der Waals surface area contributed by atoms with E-state index in [4.69, 9.17) is 0 Å². The smallest absolute Gasteiger partial charge is 0.322 e. The zero-order valence-electron chi connectivity index (χ0n) is 12.1. The molecule has 1 unspecified atom stereocenters. The van der Waals surface area contributed by atoms with E-state index in [0.29, 0.717) is 12.6 Å². The molecule has 1 aromatic rings. The highest BCUT2D eigenvalue weighted by atomic mass is 16.4. The Balaban J connectivity index is 1.49. The van der Waals surface area contributed by atoms with Gasteiger partial charge in [-0.25, -0.2) is 4.98 Å². The maximum atomic E-state index is 11.3. The van der Waals surface area contributed by atoms with Crippen LogP contribution in [0.1, 0.15) is 12.8 Å². The fourth-order valence-corrected chi connectivity index (χ4v) is 2.70. The van der Waals surface area contributed by atoms with Crippen LogP contribution in [0, 0.1) is 0 Å². The summed E-state index contributed by atoms with van der Waals surface area (Å²) in [6, 6.07) is 5.90. The summed E-state index contributed by atoms with van der Waals surface area (Å²) < 4.78 is 0. The number of hydrogen-bond acceptors (Lipinski definition) is 5. The van der Waals surface area contributed by atoms with Crippen LogP contribution in [0.15, 0.2) is 24.4 Å². The molecule has 0 radical (unpaired) electrons. The van der Waals surface area contributed by atoms with Crippen LogP contribution in [-0.2, 0) is 4.79 Å². The number of carboxylic acids is 1. The Bertz CT molecular complexity index is 470. The molecule has 0 amide bonds. The number of nitrogens with zero attached hydrogens (tertiary/aromatic N) is 3. The van der Waals surface area contributed by atoms with Crippen LogP contribution in [0.3, 0.4) is 0 Å². The van der Waals surface area contributed by atoms with E-state index in [0.717, 1.165) is 44.8 Å². The number of anilines is 1. The van der Waals surface area contributed by atoms with Crippen molar-refractivity contribution in [2.75, 3.05) is 37.6 Å². The minimum absolute atomic E-state index is 0.418. The molecule has 1 aromatic heterocycles. The summed E-state index contributed by atoms with van der Waals surface area (Å²) in [6.45, 7) is 4.14. The third-order valence-electron chi connectivity index (χ3n) is 4.10. The molecule has 6 heteroatoms. The second-order valence-electron chi connectivity index (χ2n) is 5.81. The molecule has 2 aliphatic rings. The maximum Gasteiger partial charge on any atom is 0.322 e. The van der Waals surface area contributed by atoms with Crippen molar-refractivity contribution >= 4 is 11.8 Å². The van der Waals surface area contributed by atoms with Gasteiger partial charge in [0.25, 0.3) is 0 Å². The second kappa shape index (κ2) is 6.41. The lowest BCUT2D eigenvalue weighted by molar-refractivity contribution is -0.140. The molecule has 6 nitrogen and oxygen atoms in total. The van der Waals surface area contributed by atoms with Gasteiger partial charge >= 0.3 is 5.97 Å². The summed E-state index contributed by atoms with van der Waals surface area (Å²) in [6.07, 6.45) is 4.02. The first-order valence-corrected chi connectivity index (χ1v) is 7.59. The summed E-state index contributed by atoms with van der Waals surface area (Å²) in [5, 5.41) is 12.5. The first-order valence-electron chi connectivity index (χ1n) is 7.59. The molecule has 114 valence electrons. The summed E-state index contributed by atoms with van der Waals surface area (Å²) in [7, 11) is 0. The van der Waals surface area contributed by atoms with Crippen LogP contribution in [0.2, 0.25) is 0 Å². The predicted octanol–water partition coefficient (Wildman–Crippen LogP) is 0.409. The Labute approximate surface area is 124 Å². The van der Waals surface area contributed by atoms with E-state index in [-0.39, 0.29) is 0 Å². The van der Waals surface area contributed by atoms with E-state index in [1.165, 1.54) is 0 Å². The summed E-state index contributed by atoms with van der Waals surface area (Å²) >= 11 is 0. The SMILES string of the molecule is O=C(O)C(CN1CCN(c2ccccn2)CC1)NC1CC1.